The maximum absolute atomic E-state index is 14.6. The van der Waals surface area contributed by atoms with Crippen molar-refractivity contribution in [1.82, 2.24) is 0 Å². The van der Waals surface area contributed by atoms with Crippen molar-refractivity contribution in [2.45, 2.75) is 29.9 Å². The predicted octanol–water partition coefficient (Wildman–Crippen LogP) is 2.96. The van der Waals surface area contributed by atoms with Crippen LogP contribution in [0.5, 0.6) is 5.75 Å². The molecule has 1 aromatic rings. The Morgan fingerprint density at radius 1 is 1.34 bits per heavy atom. The normalized spacial score (nSPS) is 27.2. The molecule has 0 radical (unpaired) electrons. The van der Waals surface area contributed by atoms with E-state index in [4.69, 9.17) is 15.3 Å². The molecule has 0 aliphatic heterocycles. The first-order valence-electron chi connectivity index (χ1n) is 8.15. The van der Waals surface area contributed by atoms with E-state index in [9.17, 15) is 26.9 Å². The summed E-state index contributed by atoms with van der Waals surface area (Å²) in [6, 6.07) is 4.62. The van der Waals surface area contributed by atoms with Crippen LogP contribution in [0.1, 0.15) is 12.0 Å². The molecule has 0 fully saturated rings. The van der Waals surface area contributed by atoms with Crippen LogP contribution >= 0.6 is 0 Å². The number of aliphatic hydroxyl groups excluding tert-OH is 1. The lowest BCUT2D eigenvalue weighted by atomic mass is 9.96. The van der Waals surface area contributed by atoms with Crippen LogP contribution in [0.15, 0.2) is 45.5 Å². The highest BCUT2D eigenvalue weighted by Gasteiger charge is 2.61. The van der Waals surface area contributed by atoms with Crippen molar-refractivity contribution < 1.29 is 31.6 Å². The van der Waals surface area contributed by atoms with Crippen molar-refractivity contribution in [2.75, 3.05) is 6.26 Å². The zero-order valence-electron chi connectivity index (χ0n) is 14.8. The lowest BCUT2D eigenvalue weighted by Gasteiger charge is -2.26. The van der Waals surface area contributed by atoms with E-state index in [0.717, 1.165) is 30.5 Å². The Morgan fingerprint density at radius 2 is 2.03 bits per heavy atom. The number of aliphatic hydroxyl groups is 1. The van der Waals surface area contributed by atoms with Crippen molar-refractivity contribution in [3.05, 3.63) is 52.6 Å². The fourth-order valence-corrected chi connectivity index (χ4v) is 4.84. The highest BCUT2D eigenvalue weighted by atomic mass is 32.2. The summed E-state index contributed by atoms with van der Waals surface area (Å²) in [4.78, 5) is 0. The molecular weight excluding hydrogens is 414 g/mol. The second-order valence-corrected chi connectivity index (χ2v) is 9.02. The molecule has 29 heavy (non-hydrogen) atoms. The number of nitrogens with zero attached hydrogens (tertiary/aromatic N) is 3. The van der Waals surface area contributed by atoms with E-state index in [2.05, 4.69) is 4.36 Å². The van der Waals surface area contributed by atoms with Gasteiger partial charge in [0.15, 0.2) is 6.17 Å². The molecule has 0 saturated heterocycles. The van der Waals surface area contributed by atoms with E-state index in [-0.39, 0.29) is 17.7 Å². The van der Waals surface area contributed by atoms with Crippen LogP contribution in [-0.4, -0.2) is 39.0 Å². The summed E-state index contributed by atoms with van der Waals surface area (Å²) in [7, 11) is -3.41. The Morgan fingerprint density at radius 3 is 2.66 bits per heavy atom. The van der Waals surface area contributed by atoms with Gasteiger partial charge in [0.25, 0.3) is 0 Å². The van der Waals surface area contributed by atoms with Crippen molar-refractivity contribution in [1.29, 1.82) is 10.5 Å². The van der Waals surface area contributed by atoms with E-state index < -0.39 is 55.9 Å². The van der Waals surface area contributed by atoms with E-state index in [1.165, 1.54) is 6.19 Å². The average Bonchev–Trinajstić information content (AvgIpc) is 2.82. The fourth-order valence-electron chi connectivity index (χ4n) is 3.37. The third-order valence-corrected chi connectivity index (χ3v) is 6.62. The molecule has 0 aromatic heterocycles. The monoisotopic (exact) mass is 427 g/mol. The van der Waals surface area contributed by atoms with E-state index in [1.807, 2.05) is 0 Å². The zero-order chi connectivity index (χ0) is 21.6. The van der Waals surface area contributed by atoms with Gasteiger partial charge in [0, 0.05) is 17.9 Å². The molecule has 2 aliphatic rings. The van der Waals surface area contributed by atoms with E-state index in [0.29, 0.717) is 0 Å². The molecule has 0 amide bonds. The number of hydrogen-bond acceptors (Lipinski definition) is 6. The topological polar surface area (TPSA) is 106 Å². The second kappa shape index (κ2) is 7.17. The maximum atomic E-state index is 14.6. The Hall–Kier alpha value is -2.89. The third-order valence-electron chi connectivity index (χ3n) is 4.67. The molecule has 0 bridgehead atoms. The van der Waals surface area contributed by atoms with Gasteiger partial charge in [-0.2, -0.15) is 19.3 Å². The summed E-state index contributed by atoms with van der Waals surface area (Å²) in [5, 5.41) is 26.3. The van der Waals surface area contributed by atoms with E-state index in [1.54, 1.807) is 6.07 Å². The van der Waals surface area contributed by atoms with Gasteiger partial charge in [-0.05, 0) is 30.2 Å². The third kappa shape index (κ3) is 3.48. The summed E-state index contributed by atoms with van der Waals surface area (Å²) in [6.45, 7) is 0. The summed E-state index contributed by atoms with van der Waals surface area (Å²) in [5.74, 6) is -5.71. The molecule has 0 saturated carbocycles. The van der Waals surface area contributed by atoms with Gasteiger partial charge in [-0.3, -0.25) is 0 Å². The highest BCUT2D eigenvalue weighted by molar-refractivity contribution is 7.93. The number of nitriles is 2. The second-order valence-electron chi connectivity index (χ2n) is 6.54. The number of hydrogen-bond donors (Lipinski definition) is 1. The average molecular weight is 427 g/mol. The van der Waals surface area contributed by atoms with Gasteiger partial charge < -0.3 is 9.84 Å². The Labute approximate surface area is 163 Å². The number of ether oxygens (including phenoxy) is 1. The van der Waals surface area contributed by atoms with Gasteiger partial charge in [-0.25, -0.2) is 13.0 Å². The summed E-state index contributed by atoms with van der Waals surface area (Å²) in [6.07, 6.45) is -2.27. The van der Waals surface area contributed by atoms with Gasteiger partial charge in [0.2, 0.25) is 6.19 Å². The standard InChI is InChI=1S/C18H13F4N3O3S/c1-29(27,25-8-24)13-3-2-12(14-15(13)17(26)18(21,22)16(14)20)28-11-5-9(7-23)4-10(19)6-11/h2,4-6,13,16-17,26H,3H2,1H3/t13?,16-,17+,29+/m1/s1. The minimum absolute atomic E-state index is 0.110. The lowest BCUT2D eigenvalue weighted by molar-refractivity contribution is -0.116. The number of rotatable bonds is 3. The van der Waals surface area contributed by atoms with Crippen molar-refractivity contribution in [3.63, 3.8) is 0 Å². The molecule has 11 heteroatoms. The smallest absolute Gasteiger partial charge is 0.312 e. The maximum Gasteiger partial charge on any atom is 0.312 e. The van der Waals surface area contributed by atoms with Gasteiger partial charge in [-0.1, -0.05) is 0 Å². The molecule has 2 aliphatic carbocycles. The first-order valence-corrected chi connectivity index (χ1v) is 10.1. The van der Waals surface area contributed by atoms with Crippen LogP contribution in [0.3, 0.4) is 0 Å². The molecule has 3 rings (SSSR count). The van der Waals surface area contributed by atoms with Crippen molar-refractivity contribution >= 4 is 9.73 Å². The Kier molecular flexibility index (Phi) is 5.15. The summed E-state index contributed by atoms with van der Waals surface area (Å²) >= 11 is 0. The minimum Gasteiger partial charge on any atom is -0.457 e. The zero-order valence-corrected chi connectivity index (χ0v) is 15.6. The van der Waals surface area contributed by atoms with Crippen molar-refractivity contribution in [3.8, 4) is 18.0 Å². The van der Waals surface area contributed by atoms with Gasteiger partial charge in [0.05, 0.1) is 26.6 Å². The summed E-state index contributed by atoms with van der Waals surface area (Å²) in [5.41, 5.74) is -1.39. The molecule has 0 heterocycles. The van der Waals surface area contributed by atoms with Crippen LogP contribution in [0.2, 0.25) is 0 Å². The molecule has 4 atom stereocenters. The molecule has 152 valence electrons. The molecule has 1 unspecified atom stereocenters. The first kappa shape index (κ1) is 20.8. The minimum atomic E-state index is -4.22. The van der Waals surface area contributed by atoms with Crippen LogP contribution in [0.25, 0.3) is 0 Å². The summed E-state index contributed by atoms with van der Waals surface area (Å²) < 4.78 is 78.0. The van der Waals surface area contributed by atoms with Crippen LogP contribution in [0, 0.1) is 28.6 Å². The van der Waals surface area contributed by atoms with Crippen LogP contribution in [-0.2, 0) is 9.73 Å². The molecule has 6 nitrogen and oxygen atoms in total. The first-order chi connectivity index (χ1) is 13.5. The fraction of sp³-hybridized carbons (Fsp3) is 0.333. The van der Waals surface area contributed by atoms with E-state index >= 15 is 0 Å². The largest absolute Gasteiger partial charge is 0.457 e. The molecule has 1 aromatic carbocycles. The quantitative estimate of drug-likeness (QED) is 0.590. The van der Waals surface area contributed by atoms with Gasteiger partial charge in [0.1, 0.15) is 23.4 Å². The number of alkyl halides is 3. The van der Waals surface area contributed by atoms with Gasteiger partial charge >= 0.3 is 5.92 Å². The lowest BCUT2D eigenvalue weighted by Crippen LogP contribution is -2.39. The number of allylic oxidation sites excluding steroid dienone is 2. The molecular formula is C18H13F4N3O3S. The predicted molar refractivity (Wildman–Crippen MR) is 93.2 cm³/mol. The Balaban J connectivity index is 2.12. The number of benzene rings is 1. The van der Waals surface area contributed by atoms with Crippen LogP contribution in [0.4, 0.5) is 17.6 Å². The van der Waals surface area contributed by atoms with Gasteiger partial charge in [-0.15, -0.1) is 4.36 Å². The van der Waals surface area contributed by atoms with Crippen LogP contribution < -0.4 is 4.74 Å². The number of halogens is 4. The molecule has 0 spiro atoms. The highest BCUT2D eigenvalue weighted by Crippen LogP contribution is 2.49. The molecule has 1 N–H and O–H groups in total. The van der Waals surface area contributed by atoms with Crippen molar-refractivity contribution in [2.24, 2.45) is 4.36 Å². The Bertz CT molecular complexity index is 1140. The SMILES string of the molecule is C[S@@](=O)(=NC#N)C1CC=C(Oc2cc(F)cc(C#N)c2)C2=C1[C@H](O)C(F)(F)[C@@H]2F.